The average Bonchev–Trinajstić information content (AvgIpc) is 2.43. The van der Waals surface area contributed by atoms with Crippen LogP contribution >= 0.6 is 0 Å². The normalized spacial score (nSPS) is 36.8. The number of nitrogens with two attached hydrogens (primary N) is 1. The molecule has 5 N–H and O–H groups in total. The van der Waals surface area contributed by atoms with Gasteiger partial charge in [-0.05, 0) is 19.8 Å². The van der Waals surface area contributed by atoms with Crippen molar-refractivity contribution in [3.8, 4) is 0 Å². The summed E-state index contributed by atoms with van der Waals surface area (Å²) in [4.78, 5) is 23.4. The fourth-order valence-corrected chi connectivity index (χ4v) is 3.51. The number of amides is 1. The number of nitrogens with one attached hydrogen (secondary N) is 1. The average molecular weight is 300 g/mol. The van der Waals surface area contributed by atoms with Gasteiger partial charge in [0.15, 0.2) is 5.60 Å². The van der Waals surface area contributed by atoms with Crippen LogP contribution in [-0.2, 0) is 14.3 Å². The molecule has 4 unspecified atom stereocenters. The quantitative estimate of drug-likeness (QED) is 0.554. The van der Waals surface area contributed by atoms with Gasteiger partial charge in [-0.2, -0.15) is 0 Å². The van der Waals surface area contributed by atoms with Gasteiger partial charge in [-0.25, -0.2) is 4.79 Å². The molecule has 0 spiro atoms. The highest BCUT2D eigenvalue weighted by Gasteiger charge is 2.70. The number of ether oxygens (including phenoxy) is 1. The summed E-state index contributed by atoms with van der Waals surface area (Å²) < 4.78 is 5.72. The molecule has 7 heteroatoms. The SMILES string of the molecule is CC(O)(CNC(=O)C1(N)C2CCCOC2C1(C)C)C(=O)O. The zero-order valence-electron chi connectivity index (χ0n) is 12.7. The minimum Gasteiger partial charge on any atom is -0.479 e. The zero-order chi connectivity index (χ0) is 16.1. The van der Waals surface area contributed by atoms with Crippen LogP contribution in [0.4, 0.5) is 0 Å². The van der Waals surface area contributed by atoms with Crippen LogP contribution in [0.25, 0.3) is 0 Å². The van der Waals surface area contributed by atoms with E-state index in [1.807, 2.05) is 13.8 Å². The number of hydrogen-bond donors (Lipinski definition) is 4. The molecule has 0 aromatic rings. The van der Waals surface area contributed by atoms with Crippen molar-refractivity contribution in [2.45, 2.75) is 50.9 Å². The van der Waals surface area contributed by atoms with Crippen molar-refractivity contribution in [2.75, 3.05) is 13.2 Å². The number of aliphatic hydroxyl groups is 1. The summed E-state index contributed by atoms with van der Waals surface area (Å²) in [6.45, 7) is 5.20. The van der Waals surface area contributed by atoms with Crippen molar-refractivity contribution in [1.29, 1.82) is 0 Å². The van der Waals surface area contributed by atoms with Crippen molar-refractivity contribution in [3.05, 3.63) is 0 Å². The second-order valence-electron chi connectivity index (χ2n) is 6.89. The lowest BCUT2D eigenvalue weighted by molar-refractivity contribution is -0.225. The summed E-state index contributed by atoms with van der Waals surface area (Å²) in [7, 11) is 0. The Balaban J connectivity index is 2.09. The fraction of sp³-hybridized carbons (Fsp3) is 0.857. The molecule has 0 bridgehead atoms. The Labute approximate surface area is 123 Å². The third-order valence-electron chi connectivity index (χ3n) is 5.11. The summed E-state index contributed by atoms with van der Waals surface area (Å²) in [6.07, 6.45) is 1.62. The topological polar surface area (TPSA) is 122 Å². The molecule has 2 rings (SSSR count). The number of rotatable bonds is 4. The van der Waals surface area contributed by atoms with Crippen LogP contribution in [0.3, 0.4) is 0 Å². The molecule has 1 aliphatic carbocycles. The molecule has 1 heterocycles. The monoisotopic (exact) mass is 300 g/mol. The molecule has 2 fully saturated rings. The van der Waals surface area contributed by atoms with E-state index < -0.39 is 28.4 Å². The minimum atomic E-state index is -2.01. The minimum absolute atomic E-state index is 0.0537. The van der Waals surface area contributed by atoms with Gasteiger partial charge < -0.3 is 26.0 Å². The predicted molar refractivity (Wildman–Crippen MR) is 74.4 cm³/mol. The number of fused-ring (bicyclic) bond motifs is 1. The Morgan fingerprint density at radius 1 is 1.48 bits per heavy atom. The van der Waals surface area contributed by atoms with E-state index in [2.05, 4.69) is 5.32 Å². The van der Waals surface area contributed by atoms with E-state index in [9.17, 15) is 14.7 Å². The van der Waals surface area contributed by atoms with Crippen LogP contribution in [0.5, 0.6) is 0 Å². The van der Waals surface area contributed by atoms with Gasteiger partial charge in [0.05, 0.1) is 12.6 Å². The van der Waals surface area contributed by atoms with Crippen LogP contribution in [-0.4, -0.2) is 52.5 Å². The summed E-state index contributed by atoms with van der Waals surface area (Å²) in [5.41, 5.74) is 2.72. The Kier molecular flexibility index (Phi) is 3.80. The molecule has 1 saturated carbocycles. The lowest BCUT2D eigenvalue weighted by Crippen LogP contribution is -2.82. The lowest BCUT2D eigenvalue weighted by atomic mass is 9.46. The largest absolute Gasteiger partial charge is 0.479 e. The Bertz CT molecular complexity index is 462. The molecule has 2 aliphatic rings. The van der Waals surface area contributed by atoms with Gasteiger partial charge in [0.25, 0.3) is 0 Å². The van der Waals surface area contributed by atoms with E-state index in [1.54, 1.807) is 0 Å². The van der Waals surface area contributed by atoms with Gasteiger partial charge in [-0.1, -0.05) is 13.8 Å². The fourth-order valence-electron chi connectivity index (χ4n) is 3.51. The number of carbonyl (C=O) groups excluding carboxylic acids is 1. The van der Waals surface area contributed by atoms with Crippen molar-refractivity contribution in [2.24, 2.45) is 17.1 Å². The molecule has 21 heavy (non-hydrogen) atoms. The summed E-state index contributed by atoms with van der Waals surface area (Å²) in [6, 6.07) is 0. The first-order valence-corrected chi connectivity index (χ1v) is 7.19. The first-order valence-electron chi connectivity index (χ1n) is 7.19. The maximum Gasteiger partial charge on any atom is 0.337 e. The van der Waals surface area contributed by atoms with Gasteiger partial charge in [-0.15, -0.1) is 0 Å². The maximum absolute atomic E-state index is 12.5. The van der Waals surface area contributed by atoms with Crippen LogP contribution in [0.15, 0.2) is 0 Å². The van der Waals surface area contributed by atoms with Gasteiger partial charge in [0.2, 0.25) is 5.91 Å². The van der Waals surface area contributed by atoms with E-state index in [1.165, 1.54) is 0 Å². The molecule has 1 saturated heterocycles. The predicted octanol–water partition coefficient (Wildman–Crippen LogP) is -0.529. The van der Waals surface area contributed by atoms with Crippen molar-refractivity contribution < 1.29 is 24.5 Å². The lowest BCUT2D eigenvalue weighted by Gasteiger charge is -2.65. The van der Waals surface area contributed by atoms with Crippen LogP contribution < -0.4 is 11.1 Å². The van der Waals surface area contributed by atoms with Crippen molar-refractivity contribution >= 4 is 11.9 Å². The molecule has 1 amide bonds. The Morgan fingerprint density at radius 3 is 2.67 bits per heavy atom. The van der Waals surface area contributed by atoms with Crippen molar-refractivity contribution in [3.63, 3.8) is 0 Å². The maximum atomic E-state index is 12.5. The van der Waals surface area contributed by atoms with E-state index in [0.29, 0.717) is 6.61 Å². The number of carboxylic acids is 1. The van der Waals surface area contributed by atoms with E-state index >= 15 is 0 Å². The van der Waals surface area contributed by atoms with Gasteiger partial charge in [0.1, 0.15) is 5.54 Å². The molecule has 4 atom stereocenters. The van der Waals surface area contributed by atoms with E-state index in [0.717, 1.165) is 19.8 Å². The van der Waals surface area contributed by atoms with Gasteiger partial charge >= 0.3 is 5.97 Å². The summed E-state index contributed by atoms with van der Waals surface area (Å²) in [5.74, 6) is -1.89. The second kappa shape index (κ2) is 4.93. The standard InChI is InChI=1S/C14H24N2O5/c1-12(2)9-8(5-4-6-21-9)14(12,15)10(17)16-7-13(3,20)11(18)19/h8-9,20H,4-7,15H2,1-3H3,(H,16,17)(H,18,19). The first-order chi connectivity index (χ1) is 9.55. The van der Waals surface area contributed by atoms with Crippen LogP contribution in [0, 0.1) is 11.3 Å². The number of aliphatic carboxylic acids is 1. The molecule has 0 aromatic carbocycles. The van der Waals surface area contributed by atoms with E-state index in [-0.39, 0.29) is 18.6 Å². The van der Waals surface area contributed by atoms with Crippen LogP contribution in [0.1, 0.15) is 33.6 Å². The molecular weight excluding hydrogens is 276 g/mol. The highest BCUT2D eigenvalue weighted by atomic mass is 16.5. The number of hydrogen-bond acceptors (Lipinski definition) is 5. The van der Waals surface area contributed by atoms with Gasteiger partial charge in [-0.3, -0.25) is 4.79 Å². The van der Waals surface area contributed by atoms with Gasteiger partial charge in [0, 0.05) is 17.9 Å². The molecule has 0 aromatic heterocycles. The van der Waals surface area contributed by atoms with E-state index in [4.69, 9.17) is 15.6 Å². The zero-order valence-corrected chi connectivity index (χ0v) is 12.7. The molecule has 120 valence electrons. The smallest absolute Gasteiger partial charge is 0.337 e. The van der Waals surface area contributed by atoms with Crippen LogP contribution in [0.2, 0.25) is 0 Å². The number of carboxylic acid groups (broad SMARTS) is 1. The molecule has 7 nitrogen and oxygen atoms in total. The third-order valence-corrected chi connectivity index (χ3v) is 5.11. The summed E-state index contributed by atoms with van der Waals surface area (Å²) in [5, 5.41) is 21.0. The van der Waals surface area contributed by atoms with Crippen molar-refractivity contribution in [1.82, 2.24) is 5.32 Å². The Hall–Kier alpha value is -1.18. The summed E-state index contributed by atoms with van der Waals surface area (Å²) >= 11 is 0. The third kappa shape index (κ3) is 2.23. The molecular formula is C14H24N2O5. The Morgan fingerprint density at radius 2 is 2.10 bits per heavy atom. The molecule has 1 aliphatic heterocycles. The highest BCUT2D eigenvalue weighted by molar-refractivity contribution is 5.90. The highest BCUT2D eigenvalue weighted by Crippen LogP contribution is 2.57. The first kappa shape index (κ1) is 16.2. The molecule has 0 radical (unpaired) electrons. The number of carbonyl (C=O) groups is 2. The second-order valence-corrected chi connectivity index (χ2v) is 6.89.